The molecule has 3 rings (SSSR count). The van der Waals surface area contributed by atoms with Crippen LogP contribution in [0.1, 0.15) is 64.8 Å². The molecule has 1 heterocycles. The Morgan fingerprint density at radius 3 is 2.42 bits per heavy atom. The number of carbonyl (C=O) groups excluding carboxylic acids is 1. The predicted octanol–water partition coefficient (Wildman–Crippen LogP) is 3.74. The number of nitrogens with one attached hydrogen (secondary N) is 1. The van der Waals surface area contributed by atoms with Gasteiger partial charge in [-0.25, -0.2) is 4.79 Å². The van der Waals surface area contributed by atoms with Gasteiger partial charge in [-0.1, -0.05) is 50.1 Å². The molecule has 0 bridgehead atoms. The van der Waals surface area contributed by atoms with E-state index in [2.05, 4.69) is 5.32 Å². The van der Waals surface area contributed by atoms with E-state index in [1.165, 1.54) is 6.07 Å². The number of carboxylic acids is 1. The normalized spacial score (nSPS) is 16.0. The fourth-order valence-corrected chi connectivity index (χ4v) is 3.48. The summed E-state index contributed by atoms with van der Waals surface area (Å²) >= 11 is 0. The van der Waals surface area contributed by atoms with Crippen LogP contribution < -0.4 is 5.32 Å². The van der Waals surface area contributed by atoms with E-state index in [1.54, 1.807) is 6.92 Å². The molecule has 1 aliphatic rings. The molecule has 1 fully saturated rings. The Morgan fingerprint density at radius 2 is 1.88 bits per heavy atom. The Bertz CT molecular complexity index is 742. The van der Waals surface area contributed by atoms with Gasteiger partial charge >= 0.3 is 5.97 Å². The molecule has 5 heteroatoms. The van der Waals surface area contributed by atoms with Crippen LogP contribution in [0, 0.1) is 0 Å². The molecule has 0 spiro atoms. The second-order valence-electron chi connectivity index (χ2n) is 6.22. The topological polar surface area (TPSA) is 79.5 Å². The Labute approximate surface area is 140 Å². The summed E-state index contributed by atoms with van der Waals surface area (Å²) in [6.45, 7) is 1.80. The van der Waals surface area contributed by atoms with Gasteiger partial charge in [0, 0.05) is 12.5 Å². The van der Waals surface area contributed by atoms with Crippen LogP contribution in [0.25, 0.3) is 0 Å². The third-order valence-corrected chi connectivity index (χ3v) is 4.72. The summed E-state index contributed by atoms with van der Waals surface area (Å²) in [5, 5.41) is 12.3. The lowest BCUT2D eigenvalue weighted by Gasteiger charge is -2.30. The zero-order chi connectivity index (χ0) is 17.2. The number of hydrogen-bond donors (Lipinski definition) is 2. The minimum Gasteiger partial charge on any atom is -0.478 e. The van der Waals surface area contributed by atoms with Crippen molar-refractivity contribution in [2.75, 3.05) is 0 Å². The number of rotatable bonds is 5. The third-order valence-electron chi connectivity index (χ3n) is 4.72. The van der Waals surface area contributed by atoms with E-state index in [1.807, 2.05) is 30.3 Å². The number of furan rings is 1. The Hall–Kier alpha value is -2.56. The number of hydrogen-bond acceptors (Lipinski definition) is 3. The highest BCUT2D eigenvalue weighted by Gasteiger charge is 2.38. The molecule has 2 N–H and O–H groups in total. The molecule has 1 amide bonds. The van der Waals surface area contributed by atoms with Crippen LogP contribution in [0.4, 0.5) is 0 Å². The van der Waals surface area contributed by atoms with Crippen LogP contribution in [0.5, 0.6) is 0 Å². The molecule has 5 nitrogen and oxygen atoms in total. The molecule has 0 atom stereocenters. The molecule has 1 aliphatic carbocycles. The van der Waals surface area contributed by atoms with Crippen molar-refractivity contribution < 1.29 is 19.1 Å². The first kappa shape index (κ1) is 16.3. The van der Waals surface area contributed by atoms with Crippen molar-refractivity contribution in [3.63, 3.8) is 0 Å². The van der Waals surface area contributed by atoms with Crippen molar-refractivity contribution in [2.24, 2.45) is 0 Å². The summed E-state index contributed by atoms with van der Waals surface area (Å²) < 4.78 is 5.49. The maximum Gasteiger partial charge on any atom is 0.339 e. The first-order chi connectivity index (χ1) is 11.6. The molecule has 1 aromatic heterocycles. The quantitative estimate of drug-likeness (QED) is 0.877. The largest absolute Gasteiger partial charge is 0.478 e. The molecule has 0 unspecified atom stereocenters. The summed E-state index contributed by atoms with van der Waals surface area (Å²) in [6.07, 6.45) is 4.27. The number of aryl methyl sites for hydroxylation is 1. The molecule has 126 valence electrons. The van der Waals surface area contributed by atoms with Crippen molar-refractivity contribution in [1.82, 2.24) is 5.32 Å². The van der Waals surface area contributed by atoms with Crippen LogP contribution in [0.3, 0.4) is 0 Å². The van der Waals surface area contributed by atoms with E-state index in [-0.39, 0.29) is 17.2 Å². The number of benzene rings is 1. The predicted molar refractivity (Wildman–Crippen MR) is 89.1 cm³/mol. The standard InChI is InChI=1S/C19H21NO4/c1-2-15-14(18(22)23)12-16(24-15)17(21)20-19(10-6-7-11-19)13-8-4-3-5-9-13/h3-5,8-9,12H,2,6-7,10-11H2,1H3,(H,20,21)(H,22,23). The molecule has 1 aromatic carbocycles. The maximum absolute atomic E-state index is 12.7. The second-order valence-corrected chi connectivity index (χ2v) is 6.22. The first-order valence-corrected chi connectivity index (χ1v) is 8.30. The number of carboxylic acid groups (broad SMARTS) is 1. The van der Waals surface area contributed by atoms with Gasteiger partial charge in [0.15, 0.2) is 5.76 Å². The zero-order valence-electron chi connectivity index (χ0n) is 13.7. The maximum atomic E-state index is 12.7. The summed E-state index contributed by atoms with van der Waals surface area (Å²) in [5.41, 5.74) is 0.736. The van der Waals surface area contributed by atoms with E-state index < -0.39 is 11.5 Å². The second kappa shape index (κ2) is 6.51. The van der Waals surface area contributed by atoms with Gasteiger partial charge < -0.3 is 14.8 Å². The molecular formula is C19H21NO4. The minimum absolute atomic E-state index is 0.0582. The molecular weight excluding hydrogens is 306 g/mol. The highest BCUT2D eigenvalue weighted by atomic mass is 16.4. The van der Waals surface area contributed by atoms with Gasteiger partial charge in [-0.05, 0) is 18.4 Å². The molecule has 0 aliphatic heterocycles. The average Bonchev–Trinajstić information content (AvgIpc) is 3.23. The molecule has 2 aromatic rings. The lowest BCUT2D eigenvalue weighted by molar-refractivity contribution is 0.0694. The van der Waals surface area contributed by atoms with Gasteiger partial charge in [0.2, 0.25) is 0 Å². The van der Waals surface area contributed by atoms with Crippen LogP contribution in [-0.2, 0) is 12.0 Å². The zero-order valence-corrected chi connectivity index (χ0v) is 13.7. The average molecular weight is 327 g/mol. The molecule has 0 radical (unpaired) electrons. The number of carbonyl (C=O) groups is 2. The van der Waals surface area contributed by atoms with Crippen LogP contribution in [0.15, 0.2) is 40.8 Å². The summed E-state index contributed by atoms with van der Waals surface area (Å²) in [7, 11) is 0. The van der Waals surface area contributed by atoms with E-state index in [0.717, 1.165) is 31.2 Å². The Kier molecular flexibility index (Phi) is 4.42. The van der Waals surface area contributed by atoms with Crippen molar-refractivity contribution in [3.05, 3.63) is 59.0 Å². The van der Waals surface area contributed by atoms with Crippen molar-refractivity contribution in [2.45, 2.75) is 44.6 Å². The van der Waals surface area contributed by atoms with Crippen molar-refractivity contribution >= 4 is 11.9 Å². The summed E-state index contributed by atoms with van der Waals surface area (Å²) in [5.74, 6) is -1.05. The highest BCUT2D eigenvalue weighted by molar-refractivity contribution is 5.96. The van der Waals surface area contributed by atoms with Crippen LogP contribution in [-0.4, -0.2) is 17.0 Å². The minimum atomic E-state index is -1.08. The molecule has 1 saturated carbocycles. The number of amides is 1. The Morgan fingerprint density at radius 1 is 1.21 bits per heavy atom. The van der Waals surface area contributed by atoms with Gasteiger partial charge in [0.1, 0.15) is 11.3 Å². The first-order valence-electron chi connectivity index (χ1n) is 8.30. The number of aromatic carboxylic acids is 1. The van der Waals surface area contributed by atoms with Gasteiger partial charge in [-0.2, -0.15) is 0 Å². The van der Waals surface area contributed by atoms with E-state index in [0.29, 0.717) is 12.2 Å². The summed E-state index contributed by atoms with van der Waals surface area (Å²) in [4.78, 5) is 23.9. The fourth-order valence-electron chi connectivity index (χ4n) is 3.48. The smallest absolute Gasteiger partial charge is 0.339 e. The van der Waals surface area contributed by atoms with E-state index >= 15 is 0 Å². The molecule has 0 saturated heterocycles. The fraction of sp³-hybridized carbons (Fsp3) is 0.368. The lowest BCUT2D eigenvalue weighted by Crippen LogP contribution is -2.43. The summed E-state index contributed by atoms with van der Waals surface area (Å²) in [6, 6.07) is 11.2. The van der Waals surface area contributed by atoms with Crippen molar-refractivity contribution in [1.29, 1.82) is 0 Å². The highest BCUT2D eigenvalue weighted by Crippen LogP contribution is 2.39. The van der Waals surface area contributed by atoms with E-state index in [9.17, 15) is 14.7 Å². The SMILES string of the molecule is CCc1oc(C(=O)NC2(c3ccccc3)CCCC2)cc1C(=O)O. The third kappa shape index (κ3) is 2.94. The lowest BCUT2D eigenvalue weighted by atomic mass is 9.88. The van der Waals surface area contributed by atoms with Crippen LogP contribution >= 0.6 is 0 Å². The van der Waals surface area contributed by atoms with E-state index in [4.69, 9.17) is 4.42 Å². The van der Waals surface area contributed by atoms with Gasteiger partial charge in [0.25, 0.3) is 5.91 Å². The molecule has 24 heavy (non-hydrogen) atoms. The monoisotopic (exact) mass is 327 g/mol. The van der Waals surface area contributed by atoms with Gasteiger partial charge in [-0.15, -0.1) is 0 Å². The van der Waals surface area contributed by atoms with Crippen LogP contribution in [0.2, 0.25) is 0 Å². The van der Waals surface area contributed by atoms with Gasteiger partial charge in [0.05, 0.1) is 5.54 Å². The van der Waals surface area contributed by atoms with Crippen molar-refractivity contribution in [3.8, 4) is 0 Å². The Balaban J connectivity index is 1.89. The van der Waals surface area contributed by atoms with Gasteiger partial charge in [-0.3, -0.25) is 4.79 Å².